The molecular formula is C22H33N5O. The molecule has 0 spiro atoms. The highest BCUT2D eigenvalue weighted by Crippen LogP contribution is 2.27. The van der Waals surface area contributed by atoms with E-state index in [4.69, 9.17) is 4.99 Å². The maximum absolute atomic E-state index is 10.7. The molecule has 3 N–H and O–H groups in total. The summed E-state index contributed by atoms with van der Waals surface area (Å²) in [6.45, 7) is 7.99. The Bertz CT molecular complexity index is 805. The number of hydrogen-bond donors (Lipinski definition) is 3. The summed E-state index contributed by atoms with van der Waals surface area (Å²) in [5.74, 6) is 0.740. The number of hydrogen-bond acceptors (Lipinski definition) is 3. The number of guanidine groups is 1. The van der Waals surface area contributed by atoms with E-state index in [0.717, 1.165) is 60.8 Å². The summed E-state index contributed by atoms with van der Waals surface area (Å²) >= 11 is 0. The number of benzene rings is 1. The summed E-state index contributed by atoms with van der Waals surface area (Å²) < 4.78 is 1.98. The van der Waals surface area contributed by atoms with Gasteiger partial charge in [-0.1, -0.05) is 37.5 Å². The first-order valence-corrected chi connectivity index (χ1v) is 10.4. The Morgan fingerprint density at radius 2 is 1.93 bits per heavy atom. The van der Waals surface area contributed by atoms with E-state index in [9.17, 15) is 5.11 Å². The minimum atomic E-state index is -0.615. The molecule has 6 heteroatoms. The maximum atomic E-state index is 10.7. The van der Waals surface area contributed by atoms with Crippen LogP contribution >= 0.6 is 0 Å². The van der Waals surface area contributed by atoms with Crippen LogP contribution in [-0.2, 0) is 6.54 Å². The van der Waals surface area contributed by atoms with Crippen LogP contribution in [0.5, 0.6) is 0 Å². The van der Waals surface area contributed by atoms with Crippen LogP contribution in [0.1, 0.15) is 56.0 Å². The van der Waals surface area contributed by atoms with Crippen molar-refractivity contribution < 1.29 is 5.11 Å². The molecule has 0 bridgehead atoms. The Labute approximate surface area is 168 Å². The van der Waals surface area contributed by atoms with Gasteiger partial charge in [0.15, 0.2) is 5.96 Å². The number of rotatable bonds is 6. The highest BCUT2D eigenvalue weighted by atomic mass is 16.3. The van der Waals surface area contributed by atoms with Crippen LogP contribution in [0.2, 0.25) is 0 Å². The summed E-state index contributed by atoms with van der Waals surface area (Å²) in [5, 5.41) is 22.0. The lowest BCUT2D eigenvalue weighted by Crippen LogP contribution is -2.48. The predicted molar refractivity (Wildman–Crippen MR) is 114 cm³/mol. The minimum Gasteiger partial charge on any atom is -0.388 e. The molecule has 1 saturated carbocycles. The van der Waals surface area contributed by atoms with Gasteiger partial charge in [-0.15, -0.1) is 0 Å². The van der Waals surface area contributed by atoms with Gasteiger partial charge in [0.2, 0.25) is 0 Å². The predicted octanol–water partition coefficient (Wildman–Crippen LogP) is 3.24. The van der Waals surface area contributed by atoms with Gasteiger partial charge < -0.3 is 15.7 Å². The summed E-state index contributed by atoms with van der Waals surface area (Å²) in [6.07, 6.45) is 5.14. The second-order valence-corrected chi connectivity index (χ2v) is 7.80. The molecule has 1 aromatic carbocycles. The summed E-state index contributed by atoms with van der Waals surface area (Å²) in [6, 6.07) is 10.3. The molecule has 28 heavy (non-hydrogen) atoms. The van der Waals surface area contributed by atoms with E-state index in [1.54, 1.807) is 0 Å². The normalized spacial score (nSPS) is 16.8. The minimum absolute atomic E-state index is 0.540. The average Bonchev–Trinajstić information content (AvgIpc) is 3.03. The molecule has 0 unspecified atom stereocenters. The van der Waals surface area contributed by atoms with Crippen LogP contribution in [-0.4, -0.2) is 39.5 Å². The van der Waals surface area contributed by atoms with E-state index in [1.807, 2.05) is 23.7 Å². The Balaban J connectivity index is 1.73. The lowest BCUT2D eigenvalue weighted by atomic mass is 9.85. The van der Waals surface area contributed by atoms with Crippen LogP contribution in [0.3, 0.4) is 0 Å². The standard InChI is InChI=1S/C22H33N5O/c1-4-23-21(25-16-22(28)12-8-5-9-13-22)24-15-19-10-6-7-11-20(19)27-18(3)14-17(2)26-27/h6-7,10-11,14,28H,4-5,8-9,12-13,15-16H2,1-3H3,(H2,23,24,25). The highest BCUT2D eigenvalue weighted by molar-refractivity contribution is 5.79. The quantitative estimate of drug-likeness (QED) is 0.529. The van der Waals surface area contributed by atoms with Crippen molar-refractivity contribution in [3.63, 3.8) is 0 Å². The first-order valence-electron chi connectivity index (χ1n) is 10.4. The van der Waals surface area contributed by atoms with E-state index in [-0.39, 0.29) is 0 Å². The van der Waals surface area contributed by atoms with Crippen molar-refractivity contribution in [3.8, 4) is 5.69 Å². The lowest BCUT2D eigenvalue weighted by molar-refractivity contribution is 0.00859. The van der Waals surface area contributed by atoms with Crippen LogP contribution in [0.4, 0.5) is 0 Å². The molecule has 2 aromatic rings. The van der Waals surface area contributed by atoms with Crippen molar-refractivity contribution in [2.24, 2.45) is 4.99 Å². The van der Waals surface area contributed by atoms with Crippen LogP contribution < -0.4 is 10.6 Å². The highest BCUT2D eigenvalue weighted by Gasteiger charge is 2.29. The fourth-order valence-electron chi connectivity index (χ4n) is 3.86. The van der Waals surface area contributed by atoms with Crippen molar-refractivity contribution in [1.29, 1.82) is 0 Å². The third kappa shape index (κ3) is 5.13. The van der Waals surface area contributed by atoms with E-state index in [2.05, 4.69) is 47.8 Å². The number of para-hydroxylation sites is 1. The third-order valence-corrected chi connectivity index (χ3v) is 5.35. The Morgan fingerprint density at radius 1 is 1.18 bits per heavy atom. The van der Waals surface area contributed by atoms with E-state index in [0.29, 0.717) is 13.1 Å². The molecule has 1 aliphatic carbocycles. The van der Waals surface area contributed by atoms with Gasteiger partial charge in [-0.3, -0.25) is 0 Å². The fourth-order valence-corrected chi connectivity index (χ4v) is 3.86. The van der Waals surface area contributed by atoms with Crippen LogP contribution in [0.25, 0.3) is 5.69 Å². The van der Waals surface area contributed by atoms with Crippen LogP contribution in [0.15, 0.2) is 35.3 Å². The number of aryl methyl sites for hydroxylation is 2. The topological polar surface area (TPSA) is 74.5 Å². The van der Waals surface area contributed by atoms with Gasteiger partial charge in [-0.25, -0.2) is 9.67 Å². The molecule has 0 radical (unpaired) electrons. The molecule has 3 rings (SSSR count). The van der Waals surface area contributed by atoms with Gasteiger partial charge in [0.1, 0.15) is 0 Å². The number of nitrogens with zero attached hydrogens (tertiary/aromatic N) is 3. The number of aromatic nitrogens is 2. The second-order valence-electron chi connectivity index (χ2n) is 7.80. The van der Waals surface area contributed by atoms with E-state index < -0.39 is 5.60 Å². The van der Waals surface area contributed by atoms with Crippen molar-refractivity contribution in [2.45, 2.75) is 65.0 Å². The molecule has 1 fully saturated rings. The van der Waals surface area contributed by atoms with Gasteiger partial charge >= 0.3 is 0 Å². The largest absolute Gasteiger partial charge is 0.388 e. The number of aliphatic hydroxyl groups is 1. The van der Waals surface area contributed by atoms with Gasteiger partial charge in [0.25, 0.3) is 0 Å². The maximum Gasteiger partial charge on any atom is 0.191 e. The molecule has 1 heterocycles. The number of aliphatic imine (C=N–C) groups is 1. The lowest BCUT2D eigenvalue weighted by Gasteiger charge is -2.32. The van der Waals surface area contributed by atoms with Crippen LogP contribution in [0, 0.1) is 13.8 Å². The first kappa shape index (κ1) is 20.4. The van der Waals surface area contributed by atoms with Gasteiger partial charge in [-0.05, 0) is 51.3 Å². The zero-order valence-corrected chi connectivity index (χ0v) is 17.3. The molecule has 152 valence electrons. The van der Waals surface area contributed by atoms with Gasteiger partial charge in [0.05, 0.1) is 23.5 Å². The third-order valence-electron chi connectivity index (χ3n) is 5.35. The summed E-state index contributed by atoms with van der Waals surface area (Å²) in [5.41, 5.74) is 3.67. The van der Waals surface area contributed by atoms with Crippen molar-refractivity contribution >= 4 is 5.96 Å². The molecular weight excluding hydrogens is 350 g/mol. The zero-order valence-electron chi connectivity index (χ0n) is 17.3. The van der Waals surface area contributed by atoms with Gasteiger partial charge in [0, 0.05) is 18.8 Å². The smallest absolute Gasteiger partial charge is 0.191 e. The number of nitrogens with one attached hydrogen (secondary N) is 2. The fraction of sp³-hybridized carbons (Fsp3) is 0.545. The SMILES string of the molecule is CCNC(=NCc1ccccc1-n1nc(C)cc1C)NCC1(O)CCCCC1. The van der Waals surface area contributed by atoms with E-state index >= 15 is 0 Å². The van der Waals surface area contributed by atoms with Crippen molar-refractivity contribution in [1.82, 2.24) is 20.4 Å². The van der Waals surface area contributed by atoms with Gasteiger partial charge in [-0.2, -0.15) is 5.10 Å². The molecule has 6 nitrogen and oxygen atoms in total. The second kappa shape index (κ2) is 9.24. The Morgan fingerprint density at radius 3 is 2.61 bits per heavy atom. The molecule has 0 atom stereocenters. The first-order chi connectivity index (χ1) is 13.5. The zero-order chi connectivity index (χ0) is 20.0. The Kier molecular flexibility index (Phi) is 6.73. The van der Waals surface area contributed by atoms with Crippen molar-refractivity contribution in [2.75, 3.05) is 13.1 Å². The molecule has 1 aromatic heterocycles. The van der Waals surface area contributed by atoms with Crippen molar-refractivity contribution in [3.05, 3.63) is 47.3 Å². The molecule has 0 amide bonds. The summed E-state index contributed by atoms with van der Waals surface area (Å²) in [7, 11) is 0. The molecule has 0 aliphatic heterocycles. The summed E-state index contributed by atoms with van der Waals surface area (Å²) in [4.78, 5) is 4.76. The van der Waals surface area contributed by atoms with E-state index in [1.165, 1.54) is 6.42 Å². The molecule has 0 saturated heterocycles. The monoisotopic (exact) mass is 383 g/mol. The molecule has 1 aliphatic rings. The average molecular weight is 384 g/mol. The Hall–Kier alpha value is -2.34.